The SMILES string of the molecule is N[C@H]1CCCCN1CCCC(=O)O. The van der Waals surface area contributed by atoms with Gasteiger partial charge >= 0.3 is 5.97 Å². The van der Waals surface area contributed by atoms with E-state index in [0.717, 1.165) is 19.5 Å². The summed E-state index contributed by atoms with van der Waals surface area (Å²) >= 11 is 0. The monoisotopic (exact) mass is 186 g/mol. The lowest BCUT2D eigenvalue weighted by Crippen LogP contribution is -2.45. The molecule has 4 nitrogen and oxygen atoms in total. The van der Waals surface area contributed by atoms with Crippen LogP contribution in [0.3, 0.4) is 0 Å². The summed E-state index contributed by atoms with van der Waals surface area (Å²) in [6.07, 6.45) is 4.57. The first kappa shape index (κ1) is 10.5. The van der Waals surface area contributed by atoms with Gasteiger partial charge < -0.3 is 10.8 Å². The Balaban J connectivity index is 2.15. The summed E-state index contributed by atoms with van der Waals surface area (Å²) in [7, 11) is 0. The third kappa shape index (κ3) is 3.74. The molecule has 0 aromatic carbocycles. The van der Waals surface area contributed by atoms with Crippen molar-refractivity contribution in [3.05, 3.63) is 0 Å². The van der Waals surface area contributed by atoms with Crippen molar-refractivity contribution in [2.75, 3.05) is 13.1 Å². The molecule has 4 heteroatoms. The second-order valence-electron chi connectivity index (χ2n) is 3.60. The highest BCUT2D eigenvalue weighted by Gasteiger charge is 2.17. The van der Waals surface area contributed by atoms with Crippen LogP contribution < -0.4 is 5.73 Å². The minimum atomic E-state index is -0.717. The predicted molar refractivity (Wildman–Crippen MR) is 50.3 cm³/mol. The summed E-state index contributed by atoms with van der Waals surface area (Å²) in [5.74, 6) is -0.717. The average molecular weight is 186 g/mol. The Kier molecular flexibility index (Phi) is 4.18. The lowest BCUT2D eigenvalue weighted by Gasteiger charge is -2.32. The molecular formula is C9H18N2O2. The Bertz CT molecular complexity index is 173. The molecule has 0 aliphatic carbocycles. The quantitative estimate of drug-likeness (QED) is 0.675. The molecule has 3 N–H and O–H groups in total. The van der Waals surface area contributed by atoms with Gasteiger partial charge in [0.25, 0.3) is 0 Å². The molecule has 1 rings (SSSR count). The number of carbonyl (C=O) groups is 1. The largest absolute Gasteiger partial charge is 0.481 e. The maximum Gasteiger partial charge on any atom is 0.303 e. The van der Waals surface area contributed by atoms with Crippen LogP contribution in [0.15, 0.2) is 0 Å². The zero-order valence-electron chi connectivity index (χ0n) is 7.91. The van der Waals surface area contributed by atoms with E-state index in [1.165, 1.54) is 12.8 Å². The van der Waals surface area contributed by atoms with Crippen molar-refractivity contribution in [3.8, 4) is 0 Å². The second-order valence-corrected chi connectivity index (χ2v) is 3.60. The highest BCUT2D eigenvalue weighted by atomic mass is 16.4. The van der Waals surface area contributed by atoms with Gasteiger partial charge in [-0.2, -0.15) is 0 Å². The number of aliphatic carboxylic acids is 1. The number of carboxylic acid groups (broad SMARTS) is 1. The normalized spacial score (nSPS) is 24.5. The van der Waals surface area contributed by atoms with Gasteiger partial charge in [0, 0.05) is 13.0 Å². The van der Waals surface area contributed by atoms with Crippen LogP contribution in [0.1, 0.15) is 32.1 Å². The summed E-state index contributed by atoms with van der Waals surface area (Å²) in [6.45, 7) is 1.86. The number of rotatable bonds is 4. The smallest absolute Gasteiger partial charge is 0.303 e. The number of nitrogens with two attached hydrogens (primary N) is 1. The molecule has 1 saturated heterocycles. The van der Waals surface area contributed by atoms with E-state index in [-0.39, 0.29) is 12.6 Å². The molecular weight excluding hydrogens is 168 g/mol. The molecule has 76 valence electrons. The predicted octanol–water partition coefficient (Wildman–Crippen LogP) is 0.622. The Labute approximate surface area is 78.7 Å². The maximum atomic E-state index is 10.3. The fourth-order valence-electron chi connectivity index (χ4n) is 1.73. The van der Waals surface area contributed by atoms with Crippen LogP contribution >= 0.6 is 0 Å². The number of piperidine rings is 1. The number of carboxylic acids is 1. The average Bonchev–Trinajstić information content (AvgIpc) is 2.08. The van der Waals surface area contributed by atoms with Gasteiger partial charge in [0.15, 0.2) is 0 Å². The lowest BCUT2D eigenvalue weighted by molar-refractivity contribution is -0.137. The topological polar surface area (TPSA) is 66.6 Å². The minimum absolute atomic E-state index is 0.155. The van der Waals surface area contributed by atoms with Gasteiger partial charge in [0.1, 0.15) is 0 Å². The van der Waals surface area contributed by atoms with Crippen LogP contribution in [0.2, 0.25) is 0 Å². The van der Waals surface area contributed by atoms with Gasteiger partial charge in [0.2, 0.25) is 0 Å². The van der Waals surface area contributed by atoms with Gasteiger partial charge in [-0.1, -0.05) is 0 Å². The molecule has 0 saturated carbocycles. The van der Waals surface area contributed by atoms with Crippen LogP contribution in [-0.4, -0.2) is 35.2 Å². The van der Waals surface area contributed by atoms with E-state index < -0.39 is 5.97 Å². The molecule has 0 aromatic heterocycles. The summed E-state index contributed by atoms with van der Waals surface area (Å²) in [4.78, 5) is 12.5. The fraction of sp³-hybridized carbons (Fsp3) is 0.889. The van der Waals surface area contributed by atoms with Crippen LogP contribution in [0.25, 0.3) is 0 Å². The molecule has 1 aliphatic heterocycles. The van der Waals surface area contributed by atoms with Gasteiger partial charge in [0.05, 0.1) is 6.17 Å². The molecule has 0 bridgehead atoms. The molecule has 0 amide bonds. The van der Waals surface area contributed by atoms with Crippen LogP contribution in [-0.2, 0) is 4.79 Å². The Morgan fingerprint density at radius 1 is 1.54 bits per heavy atom. The Morgan fingerprint density at radius 3 is 2.92 bits per heavy atom. The summed E-state index contributed by atoms with van der Waals surface area (Å²) in [6, 6.07) is 0. The highest BCUT2D eigenvalue weighted by molar-refractivity contribution is 5.66. The van der Waals surface area contributed by atoms with Crippen LogP contribution in [0.5, 0.6) is 0 Å². The van der Waals surface area contributed by atoms with Gasteiger partial charge in [-0.05, 0) is 32.2 Å². The standard InChI is InChI=1S/C9H18N2O2/c10-8-4-1-2-6-11(8)7-3-5-9(12)13/h8H,1-7,10H2,(H,12,13)/t8-/m1/s1. The number of hydrogen-bond donors (Lipinski definition) is 2. The van der Waals surface area contributed by atoms with Gasteiger partial charge in [-0.25, -0.2) is 0 Å². The van der Waals surface area contributed by atoms with Crippen molar-refractivity contribution in [2.45, 2.75) is 38.3 Å². The first-order valence-electron chi connectivity index (χ1n) is 4.91. The molecule has 13 heavy (non-hydrogen) atoms. The Morgan fingerprint density at radius 2 is 2.31 bits per heavy atom. The first-order chi connectivity index (χ1) is 6.20. The third-order valence-corrected chi connectivity index (χ3v) is 2.50. The summed E-state index contributed by atoms with van der Waals surface area (Å²) < 4.78 is 0. The second kappa shape index (κ2) is 5.19. The van der Waals surface area contributed by atoms with E-state index in [9.17, 15) is 4.79 Å². The number of likely N-dealkylation sites (tertiary alicyclic amines) is 1. The van der Waals surface area contributed by atoms with Crippen LogP contribution in [0.4, 0.5) is 0 Å². The Hall–Kier alpha value is -0.610. The van der Waals surface area contributed by atoms with E-state index in [2.05, 4.69) is 4.90 Å². The molecule has 1 aliphatic rings. The molecule has 0 spiro atoms. The zero-order valence-corrected chi connectivity index (χ0v) is 7.91. The van der Waals surface area contributed by atoms with Gasteiger partial charge in [-0.15, -0.1) is 0 Å². The zero-order chi connectivity index (χ0) is 9.68. The number of nitrogens with zero attached hydrogens (tertiary/aromatic N) is 1. The maximum absolute atomic E-state index is 10.3. The van der Waals surface area contributed by atoms with Crippen molar-refractivity contribution in [1.82, 2.24) is 4.90 Å². The molecule has 1 fully saturated rings. The van der Waals surface area contributed by atoms with Gasteiger partial charge in [-0.3, -0.25) is 9.69 Å². The van der Waals surface area contributed by atoms with E-state index in [1.54, 1.807) is 0 Å². The van der Waals surface area contributed by atoms with E-state index in [0.29, 0.717) is 6.42 Å². The highest BCUT2D eigenvalue weighted by Crippen LogP contribution is 2.13. The molecule has 0 unspecified atom stereocenters. The molecule has 1 atom stereocenters. The van der Waals surface area contributed by atoms with Crippen molar-refractivity contribution in [3.63, 3.8) is 0 Å². The van der Waals surface area contributed by atoms with Crippen molar-refractivity contribution in [2.24, 2.45) is 5.73 Å². The summed E-state index contributed by atoms with van der Waals surface area (Å²) in [5, 5.41) is 8.46. The van der Waals surface area contributed by atoms with E-state index >= 15 is 0 Å². The van der Waals surface area contributed by atoms with E-state index in [4.69, 9.17) is 10.8 Å². The lowest BCUT2D eigenvalue weighted by atomic mass is 10.1. The fourth-order valence-corrected chi connectivity index (χ4v) is 1.73. The van der Waals surface area contributed by atoms with Crippen molar-refractivity contribution >= 4 is 5.97 Å². The third-order valence-electron chi connectivity index (χ3n) is 2.50. The van der Waals surface area contributed by atoms with Crippen molar-refractivity contribution in [1.29, 1.82) is 0 Å². The first-order valence-corrected chi connectivity index (χ1v) is 4.91. The van der Waals surface area contributed by atoms with E-state index in [1.807, 2.05) is 0 Å². The molecule has 1 heterocycles. The molecule has 0 aromatic rings. The van der Waals surface area contributed by atoms with Crippen molar-refractivity contribution < 1.29 is 9.90 Å². The van der Waals surface area contributed by atoms with Crippen LogP contribution in [0, 0.1) is 0 Å². The molecule has 0 radical (unpaired) electrons. The summed E-state index contributed by atoms with van der Waals surface area (Å²) in [5.41, 5.74) is 5.87. The minimum Gasteiger partial charge on any atom is -0.481 e. The number of hydrogen-bond acceptors (Lipinski definition) is 3.